The van der Waals surface area contributed by atoms with Gasteiger partial charge >= 0.3 is 12.1 Å². The molecule has 1 spiro atoms. The number of hydrogen-bond acceptors (Lipinski definition) is 5. The number of methoxy groups -OCH3 is 1. The van der Waals surface area contributed by atoms with Crippen molar-refractivity contribution >= 4 is 17.9 Å². The van der Waals surface area contributed by atoms with E-state index in [1.165, 1.54) is 4.90 Å². The van der Waals surface area contributed by atoms with Crippen LogP contribution < -0.4 is 9.64 Å². The van der Waals surface area contributed by atoms with Crippen molar-refractivity contribution in [1.82, 2.24) is 25.0 Å². The van der Waals surface area contributed by atoms with Crippen molar-refractivity contribution in [1.29, 1.82) is 0 Å². The Balaban J connectivity index is 1.44. The smallest absolute Gasteiger partial charge is 0.407 e. The second kappa shape index (κ2) is 8.69. The molecule has 2 fully saturated rings. The van der Waals surface area contributed by atoms with Gasteiger partial charge in [-0.25, -0.2) is 14.6 Å². The van der Waals surface area contributed by atoms with Crippen molar-refractivity contribution in [2.45, 2.75) is 24.9 Å². The molecule has 0 radical (unpaired) electrons. The van der Waals surface area contributed by atoms with E-state index in [0.29, 0.717) is 44.8 Å². The zero-order valence-electron chi connectivity index (χ0n) is 18.8. The van der Waals surface area contributed by atoms with E-state index in [1.54, 1.807) is 30.6 Å². The summed E-state index contributed by atoms with van der Waals surface area (Å²) in [7, 11) is 1.61. The fourth-order valence-electron chi connectivity index (χ4n) is 4.83. The van der Waals surface area contributed by atoms with E-state index in [4.69, 9.17) is 4.74 Å². The molecule has 3 aromatic rings. The van der Waals surface area contributed by atoms with Crippen LogP contribution in [0.1, 0.15) is 18.4 Å². The summed E-state index contributed by atoms with van der Waals surface area (Å²) >= 11 is 0. The lowest BCUT2D eigenvalue weighted by atomic mass is 9.86. The van der Waals surface area contributed by atoms with E-state index < -0.39 is 11.6 Å². The number of ether oxygens (including phenoxy) is 1. The number of anilines is 1. The minimum Gasteiger partial charge on any atom is -0.497 e. The van der Waals surface area contributed by atoms with Crippen LogP contribution in [-0.2, 0) is 6.54 Å². The molecule has 0 bridgehead atoms. The summed E-state index contributed by atoms with van der Waals surface area (Å²) in [6.07, 6.45) is 5.46. The fraction of sp³-hybridized carbons (Fsp3) is 0.333. The topological polar surface area (TPSA) is 115 Å². The molecular formula is C24H26N6O4. The van der Waals surface area contributed by atoms with Crippen LogP contribution in [0.3, 0.4) is 0 Å². The van der Waals surface area contributed by atoms with Gasteiger partial charge in [-0.3, -0.25) is 10.00 Å². The first kappa shape index (κ1) is 21.7. The molecule has 4 heterocycles. The normalized spacial score (nSPS) is 17.4. The Morgan fingerprint density at radius 2 is 2.00 bits per heavy atom. The Morgan fingerprint density at radius 3 is 2.65 bits per heavy atom. The number of carbonyl (C=O) groups is 2. The summed E-state index contributed by atoms with van der Waals surface area (Å²) in [6.45, 7) is 1.64. The molecular weight excluding hydrogens is 436 g/mol. The molecule has 5 rings (SSSR count). The first-order chi connectivity index (χ1) is 16.5. The molecule has 2 saturated heterocycles. The lowest BCUT2D eigenvalue weighted by Crippen LogP contribution is -2.55. The van der Waals surface area contributed by atoms with Crippen molar-refractivity contribution in [2.75, 3.05) is 31.6 Å². The van der Waals surface area contributed by atoms with Crippen LogP contribution in [0.2, 0.25) is 0 Å². The number of aromatic amines is 1. The Morgan fingerprint density at radius 1 is 1.18 bits per heavy atom. The van der Waals surface area contributed by atoms with E-state index in [9.17, 15) is 14.7 Å². The van der Waals surface area contributed by atoms with Gasteiger partial charge in [0.2, 0.25) is 0 Å². The summed E-state index contributed by atoms with van der Waals surface area (Å²) in [5.74, 6) is 1.30. The summed E-state index contributed by atoms with van der Waals surface area (Å²) < 4.78 is 5.35. The number of urea groups is 1. The number of aromatic nitrogens is 3. The third-order valence-electron chi connectivity index (χ3n) is 6.78. The number of benzene rings is 1. The maximum Gasteiger partial charge on any atom is 0.407 e. The van der Waals surface area contributed by atoms with Gasteiger partial charge in [0.1, 0.15) is 11.6 Å². The number of carbonyl (C=O) groups excluding carboxylic acids is 1. The zero-order valence-corrected chi connectivity index (χ0v) is 18.8. The van der Waals surface area contributed by atoms with Crippen molar-refractivity contribution in [3.05, 3.63) is 60.6 Å². The number of hydrogen-bond donors (Lipinski definition) is 2. The molecule has 176 valence electrons. The first-order valence-electron chi connectivity index (χ1n) is 11.1. The molecule has 1 aromatic carbocycles. The van der Waals surface area contributed by atoms with Gasteiger partial charge in [0.25, 0.3) is 0 Å². The predicted molar refractivity (Wildman–Crippen MR) is 125 cm³/mol. The second-order valence-corrected chi connectivity index (χ2v) is 8.69. The largest absolute Gasteiger partial charge is 0.497 e. The average Bonchev–Trinajstić information content (AvgIpc) is 3.49. The number of rotatable bonds is 5. The van der Waals surface area contributed by atoms with Gasteiger partial charge in [0.15, 0.2) is 0 Å². The number of carboxylic acid groups (broad SMARTS) is 1. The highest BCUT2D eigenvalue weighted by atomic mass is 16.5. The molecule has 0 atom stereocenters. The molecule has 3 amide bonds. The van der Waals surface area contributed by atoms with Gasteiger partial charge in [-0.2, -0.15) is 5.10 Å². The zero-order chi connectivity index (χ0) is 23.7. The lowest BCUT2D eigenvalue weighted by Gasteiger charge is -2.43. The molecule has 0 saturated carbocycles. The predicted octanol–water partition coefficient (Wildman–Crippen LogP) is 3.44. The number of nitrogens with zero attached hydrogens (tertiary/aromatic N) is 5. The molecule has 10 heteroatoms. The molecule has 2 aromatic heterocycles. The quantitative estimate of drug-likeness (QED) is 0.600. The van der Waals surface area contributed by atoms with E-state index in [2.05, 4.69) is 15.2 Å². The lowest BCUT2D eigenvalue weighted by molar-refractivity contribution is 0.0686. The van der Waals surface area contributed by atoms with Gasteiger partial charge in [-0.1, -0.05) is 12.1 Å². The standard InChI is InChI=1S/C24H26N6O4/c1-34-20-4-2-3-17(11-20)15-30-22(31)29(16-24(30)7-9-28(10-8-24)23(32)33)21-6-5-18(12-25-21)19-13-26-27-14-19/h2-6,11-14H,7-10,15-16H2,1H3,(H,26,27)(H,32,33). The molecule has 0 unspecified atom stereocenters. The minimum atomic E-state index is -0.924. The molecule has 2 aliphatic rings. The van der Waals surface area contributed by atoms with E-state index in [1.807, 2.05) is 41.3 Å². The minimum absolute atomic E-state index is 0.129. The molecule has 2 N–H and O–H groups in total. The number of nitrogens with one attached hydrogen (secondary N) is 1. The van der Waals surface area contributed by atoms with Crippen molar-refractivity contribution in [3.8, 4) is 16.9 Å². The maximum atomic E-state index is 13.7. The van der Waals surface area contributed by atoms with Crippen LogP contribution in [0.25, 0.3) is 11.1 Å². The van der Waals surface area contributed by atoms with E-state index in [0.717, 1.165) is 22.4 Å². The molecule has 0 aliphatic carbocycles. The van der Waals surface area contributed by atoms with Gasteiger partial charge in [-0.05, 0) is 42.7 Å². The SMILES string of the molecule is COc1cccc(CN2C(=O)N(c3ccc(-c4cn[nH]c4)cn3)CC23CCN(C(=O)O)CC3)c1. The molecule has 34 heavy (non-hydrogen) atoms. The van der Waals surface area contributed by atoms with Crippen LogP contribution in [0.5, 0.6) is 5.75 Å². The van der Waals surface area contributed by atoms with Crippen molar-refractivity contribution in [3.63, 3.8) is 0 Å². The Hall–Kier alpha value is -4.08. The van der Waals surface area contributed by atoms with Gasteiger partial charge < -0.3 is 19.6 Å². The number of likely N-dealkylation sites (tertiary alicyclic amines) is 1. The maximum absolute atomic E-state index is 13.7. The third-order valence-corrected chi connectivity index (χ3v) is 6.78. The molecule has 2 aliphatic heterocycles. The van der Waals surface area contributed by atoms with Crippen LogP contribution in [-0.4, -0.2) is 74.5 Å². The van der Waals surface area contributed by atoms with Crippen LogP contribution in [0, 0.1) is 0 Å². The summed E-state index contributed by atoms with van der Waals surface area (Å²) in [5.41, 5.74) is 2.31. The highest BCUT2D eigenvalue weighted by molar-refractivity contribution is 5.94. The number of piperidine rings is 1. The second-order valence-electron chi connectivity index (χ2n) is 8.69. The van der Waals surface area contributed by atoms with Crippen molar-refractivity contribution in [2.24, 2.45) is 0 Å². The van der Waals surface area contributed by atoms with Crippen LogP contribution in [0.15, 0.2) is 55.0 Å². The average molecular weight is 463 g/mol. The van der Waals surface area contributed by atoms with E-state index in [-0.39, 0.29) is 6.03 Å². The van der Waals surface area contributed by atoms with Gasteiger partial charge in [-0.15, -0.1) is 0 Å². The van der Waals surface area contributed by atoms with Crippen molar-refractivity contribution < 1.29 is 19.4 Å². The first-order valence-corrected chi connectivity index (χ1v) is 11.1. The summed E-state index contributed by atoms with van der Waals surface area (Å²) in [6, 6.07) is 11.3. The van der Waals surface area contributed by atoms with Gasteiger partial charge in [0, 0.05) is 43.2 Å². The highest BCUT2D eigenvalue weighted by Crippen LogP contribution is 2.39. The van der Waals surface area contributed by atoms with Crippen LogP contribution >= 0.6 is 0 Å². The van der Waals surface area contributed by atoms with Gasteiger partial charge in [0.05, 0.1) is 25.4 Å². The Kier molecular flexibility index (Phi) is 5.56. The number of H-pyrrole nitrogens is 1. The Bertz CT molecular complexity index is 1170. The Labute approximate surface area is 196 Å². The summed E-state index contributed by atoms with van der Waals surface area (Å²) in [4.78, 5) is 34.8. The number of pyridine rings is 1. The fourth-order valence-corrected chi connectivity index (χ4v) is 4.83. The number of amides is 3. The monoisotopic (exact) mass is 462 g/mol. The third kappa shape index (κ3) is 3.91. The highest BCUT2D eigenvalue weighted by Gasteiger charge is 2.52. The van der Waals surface area contributed by atoms with Crippen LogP contribution in [0.4, 0.5) is 15.4 Å². The summed E-state index contributed by atoms with van der Waals surface area (Å²) in [5, 5.41) is 16.2. The molecule has 10 nitrogen and oxygen atoms in total. The van der Waals surface area contributed by atoms with E-state index >= 15 is 0 Å².